The SMILES string of the molecule is COc1cc(C(=O)N/N=C/c2cc(Cl)cc(C)c2O)cc(O)c1O. The number of nitrogens with one attached hydrogen (secondary N) is 1. The van der Waals surface area contributed by atoms with E-state index in [9.17, 15) is 20.1 Å². The topological polar surface area (TPSA) is 111 Å². The van der Waals surface area contributed by atoms with Crippen LogP contribution in [0.1, 0.15) is 21.5 Å². The highest BCUT2D eigenvalue weighted by atomic mass is 35.5. The fourth-order valence-corrected chi connectivity index (χ4v) is 2.25. The summed E-state index contributed by atoms with van der Waals surface area (Å²) in [5, 5.41) is 33.2. The van der Waals surface area contributed by atoms with E-state index in [1.165, 1.54) is 25.5 Å². The fourth-order valence-electron chi connectivity index (χ4n) is 1.96. The van der Waals surface area contributed by atoms with Crippen molar-refractivity contribution in [2.45, 2.75) is 6.92 Å². The average molecular weight is 351 g/mol. The summed E-state index contributed by atoms with van der Waals surface area (Å²) in [6, 6.07) is 5.41. The number of halogens is 1. The summed E-state index contributed by atoms with van der Waals surface area (Å²) in [6.45, 7) is 1.68. The van der Waals surface area contributed by atoms with Gasteiger partial charge in [-0.15, -0.1) is 0 Å². The van der Waals surface area contributed by atoms with Gasteiger partial charge in [0.15, 0.2) is 11.5 Å². The Morgan fingerprint density at radius 3 is 2.58 bits per heavy atom. The van der Waals surface area contributed by atoms with Crippen molar-refractivity contribution in [3.63, 3.8) is 0 Å². The van der Waals surface area contributed by atoms with E-state index >= 15 is 0 Å². The van der Waals surface area contributed by atoms with Crippen molar-refractivity contribution in [1.29, 1.82) is 0 Å². The lowest BCUT2D eigenvalue weighted by Crippen LogP contribution is -2.17. The van der Waals surface area contributed by atoms with Gasteiger partial charge < -0.3 is 20.1 Å². The number of ether oxygens (including phenoxy) is 1. The molecule has 0 aliphatic carbocycles. The molecule has 1 amide bonds. The number of methoxy groups -OCH3 is 1. The van der Waals surface area contributed by atoms with E-state index in [1.54, 1.807) is 13.0 Å². The van der Waals surface area contributed by atoms with Crippen LogP contribution in [0.25, 0.3) is 0 Å². The Morgan fingerprint density at radius 1 is 1.21 bits per heavy atom. The van der Waals surface area contributed by atoms with Crippen LogP contribution in [-0.4, -0.2) is 34.6 Å². The molecular formula is C16H15ClN2O5. The van der Waals surface area contributed by atoms with Crippen molar-refractivity contribution in [3.05, 3.63) is 46.0 Å². The van der Waals surface area contributed by atoms with E-state index in [1.807, 2.05) is 0 Å². The second-order valence-corrected chi connectivity index (χ2v) is 5.34. The Bertz CT molecular complexity index is 821. The molecular weight excluding hydrogens is 336 g/mol. The summed E-state index contributed by atoms with van der Waals surface area (Å²) in [4.78, 5) is 12.0. The van der Waals surface area contributed by atoms with E-state index < -0.39 is 17.4 Å². The lowest BCUT2D eigenvalue weighted by Gasteiger charge is -2.08. The third-order valence-corrected chi connectivity index (χ3v) is 3.42. The van der Waals surface area contributed by atoms with Crippen molar-refractivity contribution in [2.75, 3.05) is 7.11 Å². The van der Waals surface area contributed by atoms with Gasteiger partial charge in [-0.2, -0.15) is 5.10 Å². The lowest BCUT2D eigenvalue weighted by molar-refractivity contribution is 0.0954. The van der Waals surface area contributed by atoms with Crippen LogP contribution < -0.4 is 10.2 Å². The van der Waals surface area contributed by atoms with Gasteiger partial charge in [-0.05, 0) is 36.8 Å². The highest BCUT2D eigenvalue weighted by molar-refractivity contribution is 6.31. The van der Waals surface area contributed by atoms with E-state index in [4.69, 9.17) is 16.3 Å². The molecule has 0 radical (unpaired) electrons. The van der Waals surface area contributed by atoms with Crippen molar-refractivity contribution in [2.24, 2.45) is 5.10 Å². The molecule has 0 aliphatic rings. The van der Waals surface area contributed by atoms with Crippen LogP contribution >= 0.6 is 11.6 Å². The maximum Gasteiger partial charge on any atom is 0.271 e. The maximum atomic E-state index is 12.0. The van der Waals surface area contributed by atoms with Crippen molar-refractivity contribution in [1.82, 2.24) is 5.43 Å². The molecule has 0 spiro atoms. The number of hydrogen-bond donors (Lipinski definition) is 4. The van der Waals surface area contributed by atoms with Crippen molar-refractivity contribution >= 4 is 23.7 Å². The van der Waals surface area contributed by atoms with Gasteiger partial charge in [0.05, 0.1) is 13.3 Å². The fraction of sp³-hybridized carbons (Fsp3) is 0.125. The van der Waals surface area contributed by atoms with Gasteiger partial charge in [0, 0.05) is 16.1 Å². The zero-order chi connectivity index (χ0) is 17.9. The zero-order valence-corrected chi connectivity index (χ0v) is 13.6. The molecule has 0 unspecified atom stereocenters. The van der Waals surface area contributed by atoms with E-state index in [2.05, 4.69) is 10.5 Å². The minimum Gasteiger partial charge on any atom is -0.507 e. The molecule has 0 atom stereocenters. The zero-order valence-electron chi connectivity index (χ0n) is 12.9. The Kier molecular flexibility index (Phi) is 5.15. The van der Waals surface area contributed by atoms with E-state index in [-0.39, 0.29) is 17.1 Å². The van der Waals surface area contributed by atoms with Gasteiger partial charge in [-0.1, -0.05) is 11.6 Å². The van der Waals surface area contributed by atoms with Crippen LogP contribution in [0.4, 0.5) is 0 Å². The second-order valence-electron chi connectivity index (χ2n) is 4.91. The molecule has 0 saturated heterocycles. The predicted octanol–water partition coefficient (Wildman–Crippen LogP) is 2.54. The first kappa shape index (κ1) is 17.4. The molecule has 2 aromatic rings. The first-order chi connectivity index (χ1) is 11.3. The number of phenolic OH excluding ortho intramolecular Hbond substituents is 3. The first-order valence-corrected chi connectivity index (χ1v) is 7.13. The minimum atomic E-state index is -0.641. The average Bonchev–Trinajstić information content (AvgIpc) is 2.54. The normalized spacial score (nSPS) is 10.8. The van der Waals surface area contributed by atoms with Crippen molar-refractivity contribution < 1.29 is 24.9 Å². The number of aromatic hydroxyl groups is 3. The summed E-state index contributed by atoms with van der Waals surface area (Å²) in [5.41, 5.74) is 3.18. The van der Waals surface area contributed by atoms with Crippen LogP contribution in [0.5, 0.6) is 23.0 Å². The summed E-state index contributed by atoms with van der Waals surface area (Å²) in [5.74, 6) is -1.64. The summed E-state index contributed by atoms with van der Waals surface area (Å²) >= 11 is 5.90. The number of phenols is 3. The van der Waals surface area contributed by atoms with Crippen LogP contribution in [0.2, 0.25) is 5.02 Å². The highest BCUT2D eigenvalue weighted by Gasteiger charge is 2.14. The molecule has 0 aromatic heterocycles. The molecule has 0 bridgehead atoms. The van der Waals surface area contributed by atoms with Crippen LogP contribution in [0, 0.1) is 6.92 Å². The van der Waals surface area contributed by atoms with Crippen molar-refractivity contribution in [3.8, 4) is 23.0 Å². The van der Waals surface area contributed by atoms with Crippen LogP contribution in [0.3, 0.4) is 0 Å². The molecule has 2 aromatic carbocycles. The molecule has 24 heavy (non-hydrogen) atoms. The third-order valence-electron chi connectivity index (χ3n) is 3.20. The lowest BCUT2D eigenvalue weighted by atomic mass is 10.1. The monoisotopic (exact) mass is 350 g/mol. The van der Waals surface area contributed by atoms with E-state index in [0.717, 1.165) is 6.07 Å². The number of amides is 1. The van der Waals surface area contributed by atoms with Gasteiger partial charge in [-0.25, -0.2) is 5.43 Å². The molecule has 0 aliphatic heterocycles. The van der Waals surface area contributed by atoms with Gasteiger partial charge in [0.25, 0.3) is 5.91 Å². The van der Waals surface area contributed by atoms with Crippen LogP contribution in [-0.2, 0) is 0 Å². The molecule has 8 heteroatoms. The maximum absolute atomic E-state index is 12.0. The summed E-state index contributed by atoms with van der Waals surface area (Å²) in [6.07, 6.45) is 1.24. The Labute approximate surface area is 142 Å². The second kappa shape index (κ2) is 7.10. The molecule has 4 N–H and O–H groups in total. The molecule has 2 rings (SSSR count). The Hall–Kier alpha value is -2.93. The summed E-state index contributed by atoms with van der Waals surface area (Å²) in [7, 11) is 1.29. The molecule has 0 saturated carbocycles. The summed E-state index contributed by atoms with van der Waals surface area (Å²) < 4.78 is 4.86. The number of carbonyl (C=O) groups excluding carboxylic acids is 1. The predicted molar refractivity (Wildman–Crippen MR) is 89.2 cm³/mol. The highest BCUT2D eigenvalue weighted by Crippen LogP contribution is 2.36. The number of carbonyl (C=O) groups is 1. The standard InChI is InChI=1S/C16H15ClN2O5/c1-8-3-11(17)4-10(14(8)21)7-18-19-16(23)9-5-12(20)15(22)13(6-9)24-2/h3-7,20-22H,1-2H3,(H,19,23)/b18-7+. The third kappa shape index (κ3) is 3.69. The van der Waals surface area contributed by atoms with Crippen LogP contribution in [0.15, 0.2) is 29.4 Å². The number of hydrazone groups is 1. The molecule has 0 heterocycles. The number of aryl methyl sites for hydroxylation is 1. The smallest absolute Gasteiger partial charge is 0.271 e. The number of rotatable bonds is 4. The number of hydrogen-bond acceptors (Lipinski definition) is 6. The molecule has 0 fully saturated rings. The van der Waals surface area contributed by atoms with E-state index in [0.29, 0.717) is 16.1 Å². The van der Waals surface area contributed by atoms with Gasteiger partial charge >= 0.3 is 0 Å². The number of benzene rings is 2. The minimum absolute atomic E-state index is 0.00125. The number of nitrogens with zero attached hydrogens (tertiary/aromatic N) is 1. The van der Waals surface area contributed by atoms with Gasteiger partial charge in [0.1, 0.15) is 5.75 Å². The van der Waals surface area contributed by atoms with Gasteiger partial charge in [0.2, 0.25) is 5.75 Å². The quantitative estimate of drug-likeness (QED) is 0.384. The van der Waals surface area contributed by atoms with Gasteiger partial charge in [-0.3, -0.25) is 4.79 Å². The Balaban J connectivity index is 2.18. The first-order valence-electron chi connectivity index (χ1n) is 6.76. The Morgan fingerprint density at radius 2 is 1.92 bits per heavy atom. The molecule has 7 nitrogen and oxygen atoms in total. The molecule has 126 valence electrons. The largest absolute Gasteiger partial charge is 0.507 e.